The molecule has 0 aromatic rings. The van der Waals surface area contributed by atoms with Crippen LogP contribution >= 0.6 is 11.8 Å². The standard InChI is InChI=1S/C15H26N2OS/c1-12-5-4-7-15(9-12)11-19-14(17-15)16-10-13-6-2-3-8-18-13/h12-13H,2-11H2,1H3,(H,16,17). The van der Waals surface area contributed by atoms with Gasteiger partial charge in [0.15, 0.2) is 5.17 Å². The molecule has 0 bridgehead atoms. The van der Waals surface area contributed by atoms with E-state index >= 15 is 0 Å². The van der Waals surface area contributed by atoms with Crippen LogP contribution in [0.3, 0.4) is 0 Å². The summed E-state index contributed by atoms with van der Waals surface area (Å²) in [6, 6.07) is 0. The van der Waals surface area contributed by atoms with Gasteiger partial charge in [-0.1, -0.05) is 31.5 Å². The number of ether oxygens (including phenoxy) is 1. The number of rotatable bonds is 2. The summed E-state index contributed by atoms with van der Waals surface area (Å²) < 4.78 is 5.75. The third kappa shape index (κ3) is 3.46. The first-order valence-electron chi connectivity index (χ1n) is 7.83. The van der Waals surface area contributed by atoms with Gasteiger partial charge in [0.2, 0.25) is 0 Å². The highest BCUT2D eigenvalue weighted by atomic mass is 32.2. The van der Waals surface area contributed by atoms with Gasteiger partial charge in [-0.05, 0) is 38.0 Å². The van der Waals surface area contributed by atoms with E-state index in [1.54, 1.807) is 0 Å². The van der Waals surface area contributed by atoms with E-state index in [0.717, 1.165) is 19.1 Å². The molecule has 0 aromatic carbocycles. The fourth-order valence-corrected chi connectivity index (χ4v) is 4.83. The first-order valence-corrected chi connectivity index (χ1v) is 8.81. The molecule has 3 unspecified atom stereocenters. The minimum atomic E-state index is 0.356. The van der Waals surface area contributed by atoms with Crippen molar-refractivity contribution in [2.75, 3.05) is 18.9 Å². The van der Waals surface area contributed by atoms with Crippen LogP contribution in [-0.2, 0) is 4.74 Å². The highest BCUT2D eigenvalue weighted by Crippen LogP contribution is 2.38. The van der Waals surface area contributed by atoms with Gasteiger partial charge in [-0.15, -0.1) is 0 Å². The predicted octanol–water partition coefficient (Wildman–Crippen LogP) is 3.20. The lowest BCUT2D eigenvalue weighted by molar-refractivity contribution is 0.0225. The molecule has 0 aromatic heterocycles. The molecule has 0 radical (unpaired) electrons. The molecule has 1 aliphatic carbocycles. The van der Waals surface area contributed by atoms with E-state index in [-0.39, 0.29) is 0 Å². The second kappa shape index (κ2) is 6.04. The van der Waals surface area contributed by atoms with E-state index < -0.39 is 0 Å². The van der Waals surface area contributed by atoms with Crippen molar-refractivity contribution in [2.24, 2.45) is 10.9 Å². The van der Waals surface area contributed by atoms with Crippen molar-refractivity contribution in [3.63, 3.8) is 0 Å². The van der Waals surface area contributed by atoms with Gasteiger partial charge < -0.3 is 10.1 Å². The Morgan fingerprint density at radius 3 is 3.11 bits per heavy atom. The van der Waals surface area contributed by atoms with Crippen molar-refractivity contribution in [1.82, 2.24) is 5.32 Å². The molecule has 2 heterocycles. The minimum Gasteiger partial charge on any atom is -0.376 e. The third-order valence-electron chi connectivity index (χ3n) is 4.66. The number of aliphatic imine (C=N–C) groups is 1. The van der Waals surface area contributed by atoms with Crippen LogP contribution in [0.4, 0.5) is 0 Å². The molecule has 0 amide bonds. The molecule has 3 atom stereocenters. The van der Waals surface area contributed by atoms with Gasteiger partial charge in [-0.3, -0.25) is 4.99 Å². The number of hydrogen-bond acceptors (Lipinski definition) is 3. The van der Waals surface area contributed by atoms with Crippen molar-refractivity contribution >= 4 is 16.9 Å². The van der Waals surface area contributed by atoms with Gasteiger partial charge in [0.1, 0.15) is 0 Å². The average Bonchev–Trinajstić information content (AvgIpc) is 2.80. The van der Waals surface area contributed by atoms with Gasteiger partial charge in [0, 0.05) is 17.9 Å². The Bertz CT molecular complexity index is 341. The van der Waals surface area contributed by atoms with Crippen molar-refractivity contribution in [1.29, 1.82) is 0 Å². The van der Waals surface area contributed by atoms with Crippen molar-refractivity contribution < 1.29 is 4.74 Å². The lowest BCUT2D eigenvalue weighted by atomic mass is 9.78. The number of amidine groups is 1. The molecule has 1 N–H and O–H groups in total. The number of nitrogens with zero attached hydrogens (tertiary/aromatic N) is 1. The Hall–Kier alpha value is -0.220. The van der Waals surface area contributed by atoms with Gasteiger partial charge >= 0.3 is 0 Å². The maximum absolute atomic E-state index is 5.75. The summed E-state index contributed by atoms with van der Waals surface area (Å²) >= 11 is 1.92. The van der Waals surface area contributed by atoms with Gasteiger partial charge in [0.05, 0.1) is 12.6 Å². The SMILES string of the molecule is CC1CCCC2(CSC(=NCC3CCCCO3)N2)C1. The molecular formula is C15H26N2OS. The first-order chi connectivity index (χ1) is 9.26. The molecule has 108 valence electrons. The zero-order valence-electron chi connectivity index (χ0n) is 12.0. The lowest BCUT2D eigenvalue weighted by Gasteiger charge is -2.36. The topological polar surface area (TPSA) is 33.6 Å². The summed E-state index contributed by atoms with van der Waals surface area (Å²) in [7, 11) is 0. The van der Waals surface area contributed by atoms with Gasteiger partial charge in [-0.2, -0.15) is 0 Å². The van der Waals surface area contributed by atoms with Crippen LogP contribution in [0.5, 0.6) is 0 Å². The lowest BCUT2D eigenvalue weighted by Crippen LogP contribution is -2.47. The Morgan fingerprint density at radius 2 is 2.32 bits per heavy atom. The fraction of sp³-hybridized carbons (Fsp3) is 0.933. The summed E-state index contributed by atoms with van der Waals surface area (Å²) in [6.07, 6.45) is 9.49. The molecule has 4 heteroatoms. The van der Waals surface area contributed by atoms with Crippen LogP contribution in [0.1, 0.15) is 51.9 Å². The van der Waals surface area contributed by atoms with Crippen LogP contribution in [0.2, 0.25) is 0 Å². The highest BCUT2D eigenvalue weighted by molar-refractivity contribution is 8.14. The molecule has 1 spiro atoms. The van der Waals surface area contributed by atoms with Crippen LogP contribution < -0.4 is 5.32 Å². The average molecular weight is 282 g/mol. The van der Waals surface area contributed by atoms with Gasteiger partial charge in [-0.25, -0.2) is 0 Å². The Balaban J connectivity index is 1.53. The Labute approximate surface area is 121 Å². The van der Waals surface area contributed by atoms with Crippen LogP contribution in [-0.4, -0.2) is 35.7 Å². The zero-order valence-corrected chi connectivity index (χ0v) is 12.8. The van der Waals surface area contributed by atoms with Crippen molar-refractivity contribution in [3.05, 3.63) is 0 Å². The van der Waals surface area contributed by atoms with Crippen LogP contribution in [0, 0.1) is 5.92 Å². The minimum absolute atomic E-state index is 0.356. The van der Waals surface area contributed by atoms with Crippen molar-refractivity contribution in [2.45, 2.75) is 63.5 Å². The maximum Gasteiger partial charge on any atom is 0.157 e. The van der Waals surface area contributed by atoms with Gasteiger partial charge in [0.25, 0.3) is 0 Å². The van der Waals surface area contributed by atoms with E-state index in [9.17, 15) is 0 Å². The highest BCUT2D eigenvalue weighted by Gasteiger charge is 2.40. The van der Waals surface area contributed by atoms with E-state index in [2.05, 4.69) is 12.2 Å². The summed E-state index contributed by atoms with van der Waals surface area (Å²) in [6.45, 7) is 4.16. The number of hydrogen-bond donors (Lipinski definition) is 1. The normalized spacial score (nSPS) is 41.6. The monoisotopic (exact) mass is 282 g/mol. The summed E-state index contributed by atoms with van der Waals surface area (Å²) in [4.78, 5) is 4.76. The smallest absolute Gasteiger partial charge is 0.157 e. The van der Waals surface area contributed by atoms with E-state index in [4.69, 9.17) is 9.73 Å². The molecule has 3 fully saturated rings. The molecule has 2 aliphatic heterocycles. The summed E-state index contributed by atoms with van der Waals surface area (Å²) in [5.41, 5.74) is 0.356. The predicted molar refractivity (Wildman–Crippen MR) is 81.8 cm³/mol. The van der Waals surface area contributed by atoms with Crippen LogP contribution in [0.25, 0.3) is 0 Å². The molecule has 3 rings (SSSR count). The van der Waals surface area contributed by atoms with Crippen molar-refractivity contribution in [3.8, 4) is 0 Å². The molecule has 3 aliphatic rings. The quantitative estimate of drug-likeness (QED) is 0.844. The summed E-state index contributed by atoms with van der Waals surface area (Å²) in [5.74, 6) is 2.07. The summed E-state index contributed by atoms with van der Waals surface area (Å²) in [5, 5.41) is 4.90. The molecule has 19 heavy (non-hydrogen) atoms. The molecule has 1 saturated carbocycles. The molecular weight excluding hydrogens is 256 g/mol. The maximum atomic E-state index is 5.75. The molecule has 2 saturated heterocycles. The van der Waals surface area contributed by atoms with E-state index in [1.807, 2.05) is 11.8 Å². The zero-order chi connectivity index (χ0) is 13.1. The Kier molecular flexibility index (Phi) is 4.37. The number of nitrogens with one attached hydrogen (secondary N) is 1. The largest absolute Gasteiger partial charge is 0.376 e. The second-order valence-corrected chi connectivity index (χ2v) is 7.49. The second-order valence-electron chi connectivity index (χ2n) is 6.53. The number of thioether (sulfide) groups is 1. The van der Waals surface area contributed by atoms with E-state index in [1.165, 1.54) is 55.9 Å². The molecule has 3 nitrogen and oxygen atoms in total. The third-order valence-corrected chi connectivity index (χ3v) is 5.86. The first kappa shape index (κ1) is 13.7. The fourth-order valence-electron chi connectivity index (χ4n) is 3.63. The van der Waals surface area contributed by atoms with Crippen LogP contribution in [0.15, 0.2) is 4.99 Å². The van der Waals surface area contributed by atoms with E-state index in [0.29, 0.717) is 11.6 Å². The Morgan fingerprint density at radius 1 is 1.37 bits per heavy atom.